The van der Waals surface area contributed by atoms with Crippen LogP contribution in [0.5, 0.6) is 5.75 Å². The van der Waals surface area contributed by atoms with E-state index >= 15 is 0 Å². The first kappa shape index (κ1) is 14.1. The Kier molecular flexibility index (Phi) is 4.50. The van der Waals surface area contributed by atoms with Crippen molar-refractivity contribution < 1.29 is 9.26 Å². The zero-order valence-electron chi connectivity index (χ0n) is 12.3. The Labute approximate surface area is 124 Å². The molecule has 0 saturated carbocycles. The predicted molar refractivity (Wildman–Crippen MR) is 80.2 cm³/mol. The van der Waals surface area contributed by atoms with Crippen molar-refractivity contribution in [2.24, 2.45) is 5.92 Å². The highest BCUT2D eigenvalue weighted by atomic mass is 16.5. The molecule has 1 aliphatic rings. The average Bonchev–Trinajstić information content (AvgIpc) is 3.03. The predicted octanol–water partition coefficient (Wildman–Crippen LogP) is 2.68. The molecule has 1 aromatic carbocycles. The van der Waals surface area contributed by atoms with Gasteiger partial charge in [-0.2, -0.15) is 4.98 Å². The summed E-state index contributed by atoms with van der Waals surface area (Å²) in [6.07, 6.45) is 4.52. The molecule has 2 heterocycles. The van der Waals surface area contributed by atoms with E-state index in [4.69, 9.17) is 9.26 Å². The van der Waals surface area contributed by atoms with Gasteiger partial charge >= 0.3 is 0 Å². The summed E-state index contributed by atoms with van der Waals surface area (Å²) in [5, 5.41) is 7.50. The van der Waals surface area contributed by atoms with Crippen LogP contribution in [0.25, 0.3) is 11.4 Å². The number of benzene rings is 1. The van der Waals surface area contributed by atoms with E-state index in [2.05, 4.69) is 15.5 Å². The van der Waals surface area contributed by atoms with Crippen molar-refractivity contribution in [3.05, 3.63) is 30.2 Å². The van der Waals surface area contributed by atoms with Crippen molar-refractivity contribution in [3.63, 3.8) is 0 Å². The summed E-state index contributed by atoms with van der Waals surface area (Å²) in [7, 11) is 1.65. The summed E-state index contributed by atoms with van der Waals surface area (Å²) >= 11 is 0. The molecular formula is C16H21N3O2. The number of rotatable bonds is 5. The van der Waals surface area contributed by atoms with Crippen LogP contribution in [0.3, 0.4) is 0 Å². The minimum absolute atomic E-state index is 0.630. The van der Waals surface area contributed by atoms with E-state index in [1.165, 1.54) is 12.8 Å². The quantitative estimate of drug-likeness (QED) is 0.916. The van der Waals surface area contributed by atoms with Crippen LogP contribution >= 0.6 is 0 Å². The lowest BCUT2D eigenvalue weighted by Gasteiger charge is -2.21. The minimum atomic E-state index is 0.630. The number of aromatic nitrogens is 2. The summed E-state index contributed by atoms with van der Waals surface area (Å²) < 4.78 is 10.6. The van der Waals surface area contributed by atoms with Crippen molar-refractivity contribution in [3.8, 4) is 17.1 Å². The highest BCUT2D eigenvalue weighted by Crippen LogP contribution is 2.22. The Hall–Kier alpha value is -1.88. The van der Waals surface area contributed by atoms with Gasteiger partial charge in [0, 0.05) is 12.0 Å². The second-order valence-corrected chi connectivity index (χ2v) is 5.49. The van der Waals surface area contributed by atoms with E-state index < -0.39 is 0 Å². The Morgan fingerprint density at radius 2 is 2.38 bits per heavy atom. The molecular weight excluding hydrogens is 266 g/mol. The molecule has 0 amide bonds. The van der Waals surface area contributed by atoms with Gasteiger partial charge in [-0.05, 0) is 50.4 Å². The van der Waals surface area contributed by atoms with E-state index in [0.29, 0.717) is 5.82 Å². The lowest BCUT2D eigenvalue weighted by molar-refractivity contribution is 0.327. The Morgan fingerprint density at radius 3 is 3.19 bits per heavy atom. The van der Waals surface area contributed by atoms with Gasteiger partial charge in [0.2, 0.25) is 11.7 Å². The normalized spacial score (nSPS) is 18.6. The molecule has 3 rings (SSSR count). The molecule has 1 aliphatic heterocycles. The van der Waals surface area contributed by atoms with Crippen LogP contribution in [0.4, 0.5) is 0 Å². The fourth-order valence-electron chi connectivity index (χ4n) is 2.73. The number of piperidine rings is 1. The van der Waals surface area contributed by atoms with Gasteiger partial charge in [-0.3, -0.25) is 0 Å². The Morgan fingerprint density at radius 1 is 1.43 bits per heavy atom. The van der Waals surface area contributed by atoms with Crippen molar-refractivity contribution in [2.45, 2.75) is 25.7 Å². The Bertz CT molecular complexity index is 576. The zero-order valence-corrected chi connectivity index (χ0v) is 12.3. The van der Waals surface area contributed by atoms with E-state index in [1.807, 2.05) is 24.3 Å². The van der Waals surface area contributed by atoms with E-state index in [-0.39, 0.29) is 0 Å². The fraction of sp³-hybridized carbons (Fsp3) is 0.500. The van der Waals surface area contributed by atoms with Crippen LogP contribution in [0.2, 0.25) is 0 Å². The van der Waals surface area contributed by atoms with Crippen LogP contribution in [0.1, 0.15) is 25.2 Å². The number of ether oxygens (including phenoxy) is 1. The van der Waals surface area contributed by atoms with Gasteiger partial charge in [0.15, 0.2) is 0 Å². The standard InChI is InChI=1S/C16H21N3O2/c1-20-14-6-2-5-13(10-14)16-18-15(21-19-16)8-7-12-4-3-9-17-11-12/h2,5-6,10,12,17H,3-4,7-9,11H2,1H3. The third-order valence-corrected chi connectivity index (χ3v) is 3.96. The summed E-state index contributed by atoms with van der Waals surface area (Å²) in [5.41, 5.74) is 0.920. The van der Waals surface area contributed by atoms with Crippen LogP contribution in [-0.4, -0.2) is 30.3 Å². The van der Waals surface area contributed by atoms with Gasteiger partial charge in [0.05, 0.1) is 7.11 Å². The first-order valence-electron chi connectivity index (χ1n) is 7.53. The van der Waals surface area contributed by atoms with Gasteiger partial charge in [0.25, 0.3) is 0 Å². The first-order chi connectivity index (χ1) is 10.3. The summed E-state index contributed by atoms with van der Waals surface area (Å²) in [4.78, 5) is 4.49. The van der Waals surface area contributed by atoms with Gasteiger partial charge in [-0.25, -0.2) is 0 Å². The molecule has 0 aliphatic carbocycles. The summed E-state index contributed by atoms with van der Waals surface area (Å²) in [6.45, 7) is 2.26. The van der Waals surface area contributed by atoms with E-state index in [0.717, 1.165) is 49.1 Å². The van der Waals surface area contributed by atoms with Crippen LogP contribution < -0.4 is 10.1 Å². The number of methoxy groups -OCH3 is 1. The second-order valence-electron chi connectivity index (χ2n) is 5.49. The van der Waals surface area contributed by atoms with Crippen molar-refractivity contribution in [2.75, 3.05) is 20.2 Å². The molecule has 1 fully saturated rings. The molecule has 0 radical (unpaired) electrons. The molecule has 2 aromatic rings. The SMILES string of the molecule is COc1cccc(-c2noc(CCC3CCCNC3)n2)c1. The van der Waals surface area contributed by atoms with Gasteiger partial charge in [0.1, 0.15) is 5.75 Å². The minimum Gasteiger partial charge on any atom is -0.497 e. The maximum absolute atomic E-state index is 5.36. The van der Waals surface area contributed by atoms with Crippen LogP contribution in [0.15, 0.2) is 28.8 Å². The smallest absolute Gasteiger partial charge is 0.226 e. The van der Waals surface area contributed by atoms with Gasteiger partial charge in [-0.1, -0.05) is 17.3 Å². The number of hydrogen-bond donors (Lipinski definition) is 1. The van der Waals surface area contributed by atoms with E-state index in [1.54, 1.807) is 7.11 Å². The topological polar surface area (TPSA) is 60.2 Å². The van der Waals surface area contributed by atoms with Crippen molar-refractivity contribution in [1.29, 1.82) is 0 Å². The molecule has 21 heavy (non-hydrogen) atoms. The first-order valence-corrected chi connectivity index (χ1v) is 7.53. The Balaban J connectivity index is 1.62. The molecule has 0 spiro atoms. The fourth-order valence-corrected chi connectivity index (χ4v) is 2.73. The lowest BCUT2D eigenvalue weighted by atomic mass is 9.95. The molecule has 0 bridgehead atoms. The lowest BCUT2D eigenvalue weighted by Crippen LogP contribution is -2.29. The molecule has 1 atom stereocenters. The molecule has 1 unspecified atom stereocenters. The molecule has 5 heteroatoms. The van der Waals surface area contributed by atoms with Gasteiger partial charge in [-0.15, -0.1) is 0 Å². The van der Waals surface area contributed by atoms with Crippen LogP contribution in [-0.2, 0) is 6.42 Å². The van der Waals surface area contributed by atoms with E-state index in [9.17, 15) is 0 Å². The highest BCUT2D eigenvalue weighted by Gasteiger charge is 2.15. The molecule has 5 nitrogen and oxygen atoms in total. The molecule has 1 N–H and O–H groups in total. The maximum atomic E-state index is 5.36. The van der Waals surface area contributed by atoms with Gasteiger partial charge < -0.3 is 14.6 Å². The third-order valence-electron chi connectivity index (χ3n) is 3.96. The number of nitrogens with zero attached hydrogens (tertiary/aromatic N) is 2. The zero-order chi connectivity index (χ0) is 14.5. The van der Waals surface area contributed by atoms with Crippen molar-refractivity contribution >= 4 is 0 Å². The number of nitrogens with one attached hydrogen (secondary N) is 1. The third kappa shape index (κ3) is 3.61. The van der Waals surface area contributed by atoms with Crippen molar-refractivity contribution in [1.82, 2.24) is 15.5 Å². The number of aryl methyl sites for hydroxylation is 1. The molecule has 1 aromatic heterocycles. The largest absolute Gasteiger partial charge is 0.497 e. The van der Waals surface area contributed by atoms with Crippen LogP contribution in [0, 0.1) is 5.92 Å². The summed E-state index contributed by atoms with van der Waals surface area (Å²) in [6, 6.07) is 7.71. The molecule has 112 valence electrons. The summed E-state index contributed by atoms with van der Waals surface area (Å²) in [5.74, 6) is 2.88. The average molecular weight is 287 g/mol. The molecule has 1 saturated heterocycles. The maximum Gasteiger partial charge on any atom is 0.226 e. The number of hydrogen-bond acceptors (Lipinski definition) is 5. The second kappa shape index (κ2) is 6.72. The monoisotopic (exact) mass is 287 g/mol. The highest BCUT2D eigenvalue weighted by molar-refractivity contribution is 5.56.